The van der Waals surface area contributed by atoms with Crippen molar-refractivity contribution in [1.82, 2.24) is 4.90 Å². The Bertz CT molecular complexity index is 371. The van der Waals surface area contributed by atoms with E-state index in [2.05, 4.69) is 25.9 Å². The molecule has 0 aromatic carbocycles. The maximum absolute atomic E-state index is 11.2. The van der Waals surface area contributed by atoms with Crippen molar-refractivity contribution < 1.29 is 8.42 Å². The van der Waals surface area contributed by atoms with Crippen molar-refractivity contribution in [2.75, 3.05) is 26.1 Å². The minimum atomic E-state index is -2.87. The highest BCUT2D eigenvalue weighted by molar-refractivity contribution is 7.90. The van der Waals surface area contributed by atoms with Gasteiger partial charge in [0.2, 0.25) is 0 Å². The number of hydrogen-bond donors (Lipinski definition) is 1. The normalized spacial score (nSPS) is 30.5. The van der Waals surface area contributed by atoms with Crippen molar-refractivity contribution in [2.45, 2.75) is 57.0 Å². The molecule has 19 heavy (non-hydrogen) atoms. The summed E-state index contributed by atoms with van der Waals surface area (Å²) in [5, 5.41) is 0. The molecule has 1 aliphatic carbocycles. The molecule has 1 saturated carbocycles. The predicted molar refractivity (Wildman–Crippen MR) is 81.0 cm³/mol. The highest BCUT2D eigenvalue weighted by Gasteiger charge is 2.40. The maximum atomic E-state index is 11.2. The molecule has 1 atom stereocenters. The van der Waals surface area contributed by atoms with Gasteiger partial charge in [0.15, 0.2) is 0 Å². The van der Waals surface area contributed by atoms with Crippen molar-refractivity contribution >= 4 is 9.84 Å². The Morgan fingerprint density at radius 1 is 1.32 bits per heavy atom. The fourth-order valence-electron chi connectivity index (χ4n) is 3.25. The first-order chi connectivity index (χ1) is 8.67. The molecule has 0 heterocycles. The molecule has 0 spiro atoms. The van der Waals surface area contributed by atoms with Crippen molar-refractivity contribution in [3.8, 4) is 0 Å². The first-order valence-corrected chi connectivity index (χ1v) is 9.34. The van der Waals surface area contributed by atoms with E-state index >= 15 is 0 Å². The third kappa shape index (κ3) is 4.72. The minimum absolute atomic E-state index is 0.0595. The highest BCUT2D eigenvalue weighted by atomic mass is 32.2. The number of sulfone groups is 1. The number of rotatable bonds is 6. The summed E-state index contributed by atoms with van der Waals surface area (Å²) in [4.78, 5) is 2.27. The lowest BCUT2D eigenvalue weighted by atomic mass is 9.71. The summed E-state index contributed by atoms with van der Waals surface area (Å²) >= 11 is 0. The summed E-state index contributed by atoms with van der Waals surface area (Å²) < 4.78 is 22.4. The van der Waals surface area contributed by atoms with E-state index in [4.69, 9.17) is 5.73 Å². The first-order valence-electron chi connectivity index (χ1n) is 7.28. The molecule has 1 unspecified atom stereocenters. The van der Waals surface area contributed by atoms with Crippen LogP contribution in [-0.2, 0) is 9.84 Å². The molecule has 0 aromatic heterocycles. The Labute approximate surface area is 118 Å². The minimum Gasteiger partial charge on any atom is -0.326 e. The van der Waals surface area contributed by atoms with Gasteiger partial charge in [-0.3, -0.25) is 0 Å². The Kier molecular flexibility index (Phi) is 5.83. The average Bonchev–Trinajstić information content (AvgIpc) is 2.28. The smallest absolute Gasteiger partial charge is 0.147 e. The highest BCUT2D eigenvalue weighted by Crippen LogP contribution is 2.38. The third-order valence-corrected chi connectivity index (χ3v) is 5.78. The zero-order valence-corrected chi connectivity index (χ0v) is 13.7. The van der Waals surface area contributed by atoms with Crippen LogP contribution in [0.15, 0.2) is 0 Å². The van der Waals surface area contributed by atoms with Crippen LogP contribution in [0.4, 0.5) is 0 Å². The number of nitrogens with zero attached hydrogens (tertiary/aromatic N) is 1. The van der Waals surface area contributed by atoms with Crippen LogP contribution in [0.3, 0.4) is 0 Å². The van der Waals surface area contributed by atoms with E-state index in [1.807, 2.05) is 0 Å². The van der Waals surface area contributed by atoms with Crippen LogP contribution >= 0.6 is 0 Å². The van der Waals surface area contributed by atoms with Crippen LogP contribution < -0.4 is 5.73 Å². The average molecular weight is 290 g/mol. The largest absolute Gasteiger partial charge is 0.326 e. The van der Waals surface area contributed by atoms with E-state index in [0.29, 0.717) is 6.42 Å². The summed E-state index contributed by atoms with van der Waals surface area (Å²) in [7, 11) is 1.34. The van der Waals surface area contributed by atoms with E-state index in [1.165, 1.54) is 19.1 Å². The Hall–Kier alpha value is -0.130. The van der Waals surface area contributed by atoms with Crippen LogP contribution in [0.1, 0.15) is 45.4 Å². The van der Waals surface area contributed by atoms with Gasteiger partial charge in [0.25, 0.3) is 0 Å². The Morgan fingerprint density at radius 2 is 1.84 bits per heavy atom. The molecule has 5 heteroatoms. The molecule has 1 aliphatic rings. The molecule has 114 valence electrons. The first kappa shape index (κ1) is 16.9. The van der Waals surface area contributed by atoms with Crippen LogP contribution in [0.25, 0.3) is 0 Å². The Balaban J connectivity index is 2.61. The van der Waals surface area contributed by atoms with Crippen LogP contribution in [0.5, 0.6) is 0 Å². The second-order valence-corrected chi connectivity index (χ2v) is 8.82. The number of hydrogen-bond acceptors (Lipinski definition) is 4. The Morgan fingerprint density at radius 3 is 2.26 bits per heavy atom. The molecule has 4 nitrogen and oxygen atoms in total. The van der Waals surface area contributed by atoms with Gasteiger partial charge < -0.3 is 10.6 Å². The zero-order valence-electron chi connectivity index (χ0n) is 12.9. The standard InChI is InChI=1S/C14H30N2O2S/c1-12-7-9-14(10-8-12,16(2)3)13(15)6-5-11-19(4,17)18/h12-13H,5-11,15H2,1-4H3. The van der Waals surface area contributed by atoms with E-state index in [9.17, 15) is 8.42 Å². The molecular weight excluding hydrogens is 260 g/mol. The molecule has 0 bridgehead atoms. The van der Waals surface area contributed by atoms with E-state index < -0.39 is 9.84 Å². The van der Waals surface area contributed by atoms with Gasteiger partial charge in [-0.05, 0) is 58.5 Å². The monoisotopic (exact) mass is 290 g/mol. The number of nitrogens with two attached hydrogens (primary N) is 1. The van der Waals surface area contributed by atoms with Crippen molar-refractivity contribution in [2.24, 2.45) is 11.7 Å². The van der Waals surface area contributed by atoms with Gasteiger partial charge in [0.05, 0.1) is 0 Å². The van der Waals surface area contributed by atoms with Gasteiger partial charge in [0, 0.05) is 23.6 Å². The fraction of sp³-hybridized carbons (Fsp3) is 1.00. The van der Waals surface area contributed by atoms with Gasteiger partial charge in [-0.15, -0.1) is 0 Å². The summed E-state index contributed by atoms with van der Waals surface area (Å²) in [6.45, 7) is 2.30. The summed E-state index contributed by atoms with van der Waals surface area (Å²) in [6, 6.07) is 0.0664. The summed E-state index contributed by atoms with van der Waals surface area (Å²) in [6.07, 6.45) is 7.45. The molecule has 0 aliphatic heterocycles. The quantitative estimate of drug-likeness (QED) is 0.808. The zero-order chi connectivity index (χ0) is 14.7. The van der Waals surface area contributed by atoms with Gasteiger partial charge in [-0.25, -0.2) is 8.42 Å². The van der Waals surface area contributed by atoms with Crippen molar-refractivity contribution in [3.63, 3.8) is 0 Å². The number of likely N-dealkylation sites (N-methyl/N-ethyl adjacent to an activating group) is 1. The summed E-state index contributed by atoms with van der Waals surface area (Å²) in [5.74, 6) is 1.04. The lowest BCUT2D eigenvalue weighted by Gasteiger charge is -2.48. The molecular formula is C14H30N2O2S. The van der Waals surface area contributed by atoms with Crippen LogP contribution in [0, 0.1) is 5.92 Å². The lowest BCUT2D eigenvalue weighted by molar-refractivity contribution is 0.0538. The van der Waals surface area contributed by atoms with Crippen molar-refractivity contribution in [3.05, 3.63) is 0 Å². The van der Waals surface area contributed by atoms with Gasteiger partial charge in [-0.1, -0.05) is 6.92 Å². The third-order valence-electron chi connectivity index (χ3n) is 4.75. The SMILES string of the molecule is CC1CCC(C(N)CCCS(C)(=O)=O)(N(C)C)CC1. The van der Waals surface area contributed by atoms with E-state index in [0.717, 1.165) is 25.2 Å². The molecule has 0 radical (unpaired) electrons. The van der Waals surface area contributed by atoms with Gasteiger partial charge >= 0.3 is 0 Å². The molecule has 1 rings (SSSR count). The molecule has 0 aromatic rings. The fourth-order valence-corrected chi connectivity index (χ4v) is 3.94. The van der Waals surface area contributed by atoms with Gasteiger partial charge in [0.1, 0.15) is 9.84 Å². The predicted octanol–water partition coefficient (Wildman–Crippen LogP) is 1.65. The van der Waals surface area contributed by atoms with E-state index in [-0.39, 0.29) is 17.3 Å². The van der Waals surface area contributed by atoms with Gasteiger partial charge in [-0.2, -0.15) is 0 Å². The molecule has 1 fully saturated rings. The van der Waals surface area contributed by atoms with Crippen LogP contribution in [-0.4, -0.2) is 51.0 Å². The summed E-state index contributed by atoms with van der Waals surface area (Å²) in [5.41, 5.74) is 6.48. The second kappa shape index (κ2) is 6.55. The van der Waals surface area contributed by atoms with E-state index in [1.54, 1.807) is 0 Å². The lowest BCUT2D eigenvalue weighted by Crippen LogP contribution is -2.59. The van der Waals surface area contributed by atoms with Crippen LogP contribution in [0.2, 0.25) is 0 Å². The molecule has 0 amide bonds. The molecule has 0 saturated heterocycles. The molecule has 2 N–H and O–H groups in total. The maximum Gasteiger partial charge on any atom is 0.147 e. The second-order valence-electron chi connectivity index (χ2n) is 6.56. The van der Waals surface area contributed by atoms with Crippen molar-refractivity contribution in [1.29, 1.82) is 0 Å². The topological polar surface area (TPSA) is 63.4 Å².